The number of hydrogen-bond acceptors (Lipinski definition) is 2. The van der Waals surface area contributed by atoms with Gasteiger partial charge < -0.3 is 0 Å². The predicted molar refractivity (Wildman–Crippen MR) is 92.3 cm³/mol. The molecule has 0 N–H and O–H groups in total. The lowest BCUT2D eigenvalue weighted by atomic mass is 10.0. The van der Waals surface area contributed by atoms with E-state index in [0.29, 0.717) is 10.3 Å². The van der Waals surface area contributed by atoms with Crippen molar-refractivity contribution in [2.45, 2.75) is 0 Å². The summed E-state index contributed by atoms with van der Waals surface area (Å²) < 4.78 is 0. The maximum atomic E-state index is 6.02. The average molecular weight is 333 g/mol. The number of rotatable bonds is 2. The van der Waals surface area contributed by atoms with E-state index in [-0.39, 0.29) is 0 Å². The van der Waals surface area contributed by atoms with Crippen LogP contribution in [0.4, 0.5) is 0 Å². The highest BCUT2D eigenvalue weighted by Crippen LogP contribution is 2.30. The predicted octanol–water partition coefficient (Wildman–Crippen LogP) is 4.62. The topological polar surface area (TPSA) is 25.8 Å². The molecule has 2 nitrogen and oxygen atoms in total. The molecule has 3 aromatic rings. The molecule has 0 bridgehead atoms. The standard InChI is InChI=1S/C16H11Cl2N2P/c17-14-8-2-5-11(19-14)10-4-1-7-13(21)16(10)12-6-3-9-15(18)20-12/h1-9H,21H2. The van der Waals surface area contributed by atoms with Gasteiger partial charge in [0.1, 0.15) is 10.3 Å². The molecule has 0 fully saturated rings. The van der Waals surface area contributed by atoms with Crippen molar-refractivity contribution in [2.75, 3.05) is 0 Å². The van der Waals surface area contributed by atoms with Crippen molar-refractivity contribution in [1.29, 1.82) is 0 Å². The van der Waals surface area contributed by atoms with Crippen molar-refractivity contribution in [3.8, 4) is 22.5 Å². The van der Waals surface area contributed by atoms with Gasteiger partial charge in [-0.2, -0.15) is 0 Å². The first-order chi connectivity index (χ1) is 10.1. The molecule has 5 heteroatoms. The number of halogens is 2. The van der Waals surface area contributed by atoms with Crippen molar-refractivity contribution in [1.82, 2.24) is 9.97 Å². The maximum Gasteiger partial charge on any atom is 0.129 e. The van der Waals surface area contributed by atoms with E-state index in [4.69, 9.17) is 23.2 Å². The molecule has 0 radical (unpaired) electrons. The molecule has 0 saturated heterocycles. The van der Waals surface area contributed by atoms with Crippen LogP contribution >= 0.6 is 32.4 Å². The Morgan fingerprint density at radius 1 is 0.714 bits per heavy atom. The van der Waals surface area contributed by atoms with Crippen LogP contribution in [0.25, 0.3) is 22.5 Å². The van der Waals surface area contributed by atoms with Crippen LogP contribution in [0.1, 0.15) is 0 Å². The average Bonchev–Trinajstić information content (AvgIpc) is 2.47. The van der Waals surface area contributed by atoms with Crippen LogP contribution in [0.3, 0.4) is 0 Å². The van der Waals surface area contributed by atoms with Gasteiger partial charge in [0, 0.05) is 11.1 Å². The van der Waals surface area contributed by atoms with Crippen molar-refractivity contribution in [3.05, 3.63) is 64.9 Å². The third-order valence-electron chi connectivity index (χ3n) is 3.06. The maximum absolute atomic E-state index is 6.02. The molecule has 3 rings (SSSR count). The molecule has 104 valence electrons. The van der Waals surface area contributed by atoms with Crippen LogP contribution in [0, 0.1) is 0 Å². The first-order valence-electron chi connectivity index (χ1n) is 6.29. The van der Waals surface area contributed by atoms with Gasteiger partial charge in [-0.1, -0.05) is 53.5 Å². The number of benzene rings is 1. The van der Waals surface area contributed by atoms with E-state index in [1.807, 2.05) is 42.5 Å². The first kappa shape index (κ1) is 14.5. The van der Waals surface area contributed by atoms with E-state index in [1.165, 1.54) is 0 Å². The molecule has 0 saturated carbocycles. The summed E-state index contributed by atoms with van der Waals surface area (Å²) in [6, 6.07) is 17.1. The van der Waals surface area contributed by atoms with E-state index in [1.54, 1.807) is 12.1 Å². The summed E-state index contributed by atoms with van der Waals surface area (Å²) in [7, 11) is 2.73. The van der Waals surface area contributed by atoms with Gasteiger partial charge in [0.15, 0.2) is 0 Å². The molecular weight excluding hydrogens is 322 g/mol. The van der Waals surface area contributed by atoms with Gasteiger partial charge in [0.2, 0.25) is 0 Å². The lowest BCUT2D eigenvalue weighted by molar-refractivity contribution is 1.30. The van der Waals surface area contributed by atoms with Gasteiger partial charge in [0.25, 0.3) is 0 Å². The third kappa shape index (κ3) is 3.08. The lowest BCUT2D eigenvalue weighted by Gasteiger charge is -2.12. The summed E-state index contributed by atoms with van der Waals surface area (Å²) >= 11 is 12.0. The molecule has 0 aliphatic carbocycles. The van der Waals surface area contributed by atoms with Gasteiger partial charge >= 0.3 is 0 Å². The van der Waals surface area contributed by atoms with Crippen molar-refractivity contribution in [3.63, 3.8) is 0 Å². The highest BCUT2D eigenvalue weighted by atomic mass is 35.5. The normalized spacial score (nSPS) is 10.6. The van der Waals surface area contributed by atoms with E-state index in [2.05, 4.69) is 19.2 Å². The molecule has 0 aliphatic rings. The fraction of sp³-hybridized carbons (Fsp3) is 0. The Labute approximate surface area is 135 Å². The summed E-state index contributed by atoms with van der Waals surface area (Å²) in [5.74, 6) is 0. The third-order valence-corrected chi connectivity index (χ3v) is 3.96. The zero-order valence-electron chi connectivity index (χ0n) is 10.9. The van der Waals surface area contributed by atoms with Crippen LogP contribution < -0.4 is 5.30 Å². The highest BCUT2D eigenvalue weighted by molar-refractivity contribution is 7.28. The molecule has 21 heavy (non-hydrogen) atoms. The van der Waals surface area contributed by atoms with Crippen LogP contribution in [0.2, 0.25) is 10.3 Å². The van der Waals surface area contributed by atoms with Crippen molar-refractivity contribution >= 4 is 37.7 Å². The van der Waals surface area contributed by atoms with E-state index in [9.17, 15) is 0 Å². The Balaban J connectivity index is 2.25. The molecule has 0 aliphatic heterocycles. The second-order valence-corrected chi connectivity index (χ2v) is 5.86. The highest BCUT2D eigenvalue weighted by Gasteiger charge is 2.13. The fourth-order valence-corrected chi connectivity index (χ4v) is 2.92. The summed E-state index contributed by atoms with van der Waals surface area (Å²) in [5.41, 5.74) is 3.58. The molecule has 2 heterocycles. The number of nitrogens with zero attached hydrogens (tertiary/aromatic N) is 2. The molecule has 1 unspecified atom stereocenters. The smallest absolute Gasteiger partial charge is 0.129 e. The molecule has 0 spiro atoms. The van der Waals surface area contributed by atoms with Crippen molar-refractivity contribution in [2.24, 2.45) is 0 Å². The zero-order chi connectivity index (χ0) is 14.8. The van der Waals surface area contributed by atoms with Crippen molar-refractivity contribution < 1.29 is 0 Å². The van der Waals surface area contributed by atoms with Gasteiger partial charge in [-0.05, 0) is 29.6 Å². The molecule has 1 aromatic carbocycles. The van der Waals surface area contributed by atoms with Crippen LogP contribution in [0.15, 0.2) is 54.6 Å². The number of aromatic nitrogens is 2. The number of hydrogen-bond donors (Lipinski definition) is 0. The second-order valence-electron chi connectivity index (χ2n) is 4.46. The molecule has 2 aromatic heterocycles. The Kier molecular flexibility index (Phi) is 4.21. The Morgan fingerprint density at radius 3 is 1.95 bits per heavy atom. The molecular formula is C16H11Cl2N2P. The molecule has 0 amide bonds. The fourth-order valence-electron chi connectivity index (χ4n) is 2.18. The van der Waals surface area contributed by atoms with E-state index in [0.717, 1.165) is 27.8 Å². The second kappa shape index (κ2) is 6.11. The minimum atomic E-state index is 0.464. The quantitative estimate of drug-likeness (QED) is 0.505. The largest absolute Gasteiger partial charge is 0.236 e. The van der Waals surface area contributed by atoms with Crippen LogP contribution in [0.5, 0.6) is 0 Å². The Hall–Kier alpha value is -1.47. The van der Waals surface area contributed by atoms with E-state index >= 15 is 0 Å². The summed E-state index contributed by atoms with van der Waals surface area (Å²) in [6.45, 7) is 0. The number of pyridine rings is 2. The van der Waals surface area contributed by atoms with Gasteiger partial charge in [0.05, 0.1) is 11.4 Å². The minimum Gasteiger partial charge on any atom is -0.236 e. The Bertz CT molecular complexity index is 806. The summed E-state index contributed by atoms with van der Waals surface area (Å²) in [6.07, 6.45) is 0. The monoisotopic (exact) mass is 332 g/mol. The SMILES string of the molecule is Pc1cccc(-c2cccc(Cl)n2)c1-c1cccc(Cl)n1. The van der Waals surface area contributed by atoms with Gasteiger partial charge in [-0.15, -0.1) is 9.24 Å². The van der Waals surface area contributed by atoms with Crippen LogP contribution in [-0.4, -0.2) is 9.97 Å². The lowest BCUT2D eigenvalue weighted by Crippen LogP contribution is -2.01. The molecule has 1 atom stereocenters. The van der Waals surface area contributed by atoms with Gasteiger partial charge in [-0.25, -0.2) is 9.97 Å². The summed E-state index contributed by atoms with van der Waals surface area (Å²) in [5, 5.41) is 1.96. The minimum absolute atomic E-state index is 0.464. The zero-order valence-corrected chi connectivity index (χ0v) is 13.6. The van der Waals surface area contributed by atoms with Crippen LogP contribution in [-0.2, 0) is 0 Å². The van der Waals surface area contributed by atoms with E-state index < -0.39 is 0 Å². The first-order valence-corrected chi connectivity index (χ1v) is 7.63. The Morgan fingerprint density at radius 2 is 1.29 bits per heavy atom. The van der Waals surface area contributed by atoms with Gasteiger partial charge in [-0.3, -0.25) is 0 Å². The summed E-state index contributed by atoms with van der Waals surface area (Å²) in [4.78, 5) is 8.79.